The van der Waals surface area contributed by atoms with E-state index in [1.54, 1.807) is 12.1 Å². The topological polar surface area (TPSA) is 94.9 Å². The standard InChI is InChI=1S/C14H14N4O2S2/c1-10-3-5-13(6-4-10)22(19,20)18-16-8-12(7-15)14-17-11(2)9-21-14/h3-6,8-9,16,18H,1-2H3/b12-8+. The summed E-state index contributed by atoms with van der Waals surface area (Å²) in [5, 5.41) is 11.4. The van der Waals surface area contributed by atoms with Crippen LogP contribution in [-0.2, 0) is 10.0 Å². The fraction of sp³-hybridized carbons (Fsp3) is 0.143. The van der Waals surface area contributed by atoms with E-state index in [1.165, 1.54) is 29.7 Å². The molecule has 114 valence electrons. The molecule has 0 radical (unpaired) electrons. The molecule has 0 saturated heterocycles. The van der Waals surface area contributed by atoms with Crippen molar-refractivity contribution in [2.45, 2.75) is 18.7 Å². The van der Waals surface area contributed by atoms with Gasteiger partial charge in [0.25, 0.3) is 10.0 Å². The zero-order chi connectivity index (χ0) is 16.2. The molecule has 6 nitrogen and oxygen atoms in total. The van der Waals surface area contributed by atoms with E-state index in [9.17, 15) is 8.42 Å². The highest BCUT2D eigenvalue weighted by Gasteiger charge is 2.12. The lowest BCUT2D eigenvalue weighted by Gasteiger charge is -2.06. The Balaban J connectivity index is 2.10. The third-order valence-corrected chi connectivity index (χ3v) is 4.98. The van der Waals surface area contributed by atoms with E-state index in [0.717, 1.165) is 11.3 Å². The Bertz CT molecular complexity index is 830. The van der Waals surface area contributed by atoms with Gasteiger partial charge in [0.15, 0.2) is 0 Å². The summed E-state index contributed by atoms with van der Waals surface area (Å²) in [6.07, 6.45) is 1.28. The summed E-state index contributed by atoms with van der Waals surface area (Å²) < 4.78 is 24.1. The molecule has 8 heteroatoms. The number of benzene rings is 1. The monoisotopic (exact) mass is 334 g/mol. The number of hydrogen-bond acceptors (Lipinski definition) is 6. The van der Waals surface area contributed by atoms with Gasteiger partial charge in [-0.2, -0.15) is 5.26 Å². The third-order valence-electron chi connectivity index (χ3n) is 2.71. The van der Waals surface area contributed by atoms with Crippen molar-refractivity contribution in [1.29, 1.82) is 5.26 Å². The minimum atomic E-state index is -3.69. The normalized spacial score (nSPS) is 12.0. The van der Waals surface area contributed by atoms with Crippen LogP contribution < -0.4 is 10.3 Å². The molecule has 0 spiro atoms. The van der Waals surface area contributed by atoms with Gasteiger partial charge in [0.1, 0.15) is 16.6 Å². The number of allylic oxidation sites excluding steroid dienone is 1. The van der Waals surface area contributed by atoms with Crippen molar-refractivity contribution in [2.75, 3.05) is 0 Å². The van der Waals surface area contributed by atoms with Crippen molar-refractivity contribution in [3.8, 4) is 6.07 Å². The van der Waals surface area contributed by atoms with E-state index in [0.29, 0.717) is 5.01 Å². The van der Waals surface area contributed by atoms with E-state index < -0.39 is 10.0 Å². The zero-order valence-electron chi connectivity index (χ0n) is 12.0. The Morgan fingerprint density at radius 2 is 2.00 bits per heavy atom. The summed E-state index contributed by atoms with van der Waals surface area (Å²) >= 11 is 1.32. The molecule has 2 N–H and O–H groups in total. The van der Waals surface area contributed by atoms with E-state index in [1.807, 2.05) is 25.3 Å². The second kappa shape index (κ2) is 6.70. The molecule has 0 unspecified atom stereocenters. The molecule has 1 aromatic heterocycles. The number of aryl methyl sites for hydroxylation is 2. The van der Waals surface area contributed by atoms with Crippen LogP contribution in [0.2, 0.25) is 0 Å². The molecule has 0 aliphatic carbocycles. The van der Waals surface area contributed by atoms with Gasteiger partial charge in [0, 0.05) is 17.3 Å². The van der Waals surface area contributed by atoms with E-state index >= 15 is 0 Å². The van der Waals surface area contributed by atoms with Crippen molar-refractivity contribution in [2.24, 2.45) is 0 Å². The summed E-state index contributed by atoms with van der Waals surface area (Å²) in [5.74, 6) is 0. The molecule has 0 atom stereocenters. The van der Waals surface area contributed by atoms with Gasteiger partial charge in [0.2, 0.25) is 0 Å². The lowest BCUT2D eigenvalue weighted by Crippen LogP contribution is -2.33. The first-order valence-corrected chi connectivity index (χ1v) is 8.65. The van der Waals surface area contributed by atoms with Crippen molar-refractivity contribution in [1.82, 2.24) is 15.2 Å². The van der Waals surface area contributed by atoms with Crippen LogP contribution >= 0.6 is 11.3 Å². The molecule has 0 aliphatic heterocycles. The summed E-state index contributed by atoms with van der Waals surface area (Å²) in [6.45, 7) is 3.70. The molecular weight excluding hydrogens is 320 g/mol. The van der Waals surface area contributed by atoms with Gasteiger partial charge < -0.3 is 5.43 Å². The Hall–Kier alpha value is -2.21. The van der Waals surface area contributed by atoms with Crippen LogP contribution in [0, 0.1) is 25.2 Å². The summed E-state index contributed by atoms with van der Waals surface area (Å²) in [6, 6.07) is 8.43. The number of nitriles is 1. The Morgan fingerprint density at radius 1 is 1.32 bits per heavy atom. The first-order valence-electron chi connectivity index (χ1n) is 6.29. The number of rotatable bonds is 5. The first-order chi connectivity index (χ1) is 10.4. The van der Waals surface area contributed by atoms with Crippen LogP contribution in [0.1, 0.15) is 16.3 Å². The molecule has 22 heavy (non-hydrogen) atoms. The Labute approximate surface area is 133 Å². The molecule has 0 fully saturated rings. The highest BCUT2D eigenvalue weighted by Crippen LogP contribution is 2.17. The van der Waals surface area contributed by atoms with E-state index in [4.69, 9.17) is 5.26 Å². The number of thiazole rings is 1. The number of hydrogen-bond donors (Lipinski definition) is 2. The van der Waals surface area contributed by atoms with Gasteiger partial charge in [-0.3, -0.25) is 0 Å². The maximum absolute atomic E-state index is 12.1. The molecule has 0 amide bonds. The van der Waals surface area contributed by atoms with Crippen LogP contribution in [0.5, 0.6) is 0 Å². The maximum atomic E-state index is 12.1. The second-order valence-corrected chi connectivity index (χ2v) is 7.07. The molecule has 0 saturated carbocycles. The van der Waals surface area contributed by atoms with Crippen LogP contribution in [0.15, 0.2) is 40.7 Å². The van der Waals surface area contributed by atoms with Gasteiger partial charge in [-0.25, -0.2) is 13.4 Å². The number of nitrogens with one attached hydrogen (secondary N) is 2. The average Bonchev–Trinajstić information content (AvgIpc) is 2.90. The quantitative estimate of drug-likeness (QED) is 0.645. The molecule has 1 heterocycles. The van der Waals surface area contributed by atoms with Crippen molar-refractivity contribution in [3.63, 3.8) is 0 Å². The molecular formula is C14H14N4O2S2. The lowest BCUT2D eigenvalue weighted by molar-refractivity contribution is 0.574. The molecule has 2 aromatic rings. The minimum Gasteiger partial charge on any atom is -0.314 e. The smallest absolute Gasteiger partial charge is 0.257 e. The molecule has 1 aromatic carbocycles. The minimum absolute atomic E-state index is 0.141. The van der Waals surface area contributed by atoms with Gasteiger partial charge in [-0.15, -0.1) is 16.2 Å². The van der Waals surface area contributed by atoms with Crippen molar-refractivity contribution >= 4 is 26.9 Å². The summed E-state index contributed by atoms with van der Waals surface area (Å²) in [4.78, 5) is 6.52. The molecule has 0 aliphatic rings. The largest absolute Gasteiger partial charge is 0.314 e. The van der Waals surface area contributed by atoms with Crippen LogP contribution in [0.4, 0.5) is 0 Å². The average molecular weight is 334 g/mol. The van der Waals surface area contributed by atoms with Crippen LogP contribution in [0.3, 0.4) is 0 Å². The van der Waals surface area contributed by atoms with Gasteiger partial charge in [-0.1, -0.05) is 17.7 Å². The SMILES string of the molecule is Cc1ccc(S(=O)(=O)NN/C=C(\C#N)c2nc(C)cs2)cc1. The fourth-order valence-electron chi connectivity index (χ4n) is 1.58. The first kappa shape index (κ1) is 16.2. The predicted molar refractivity (Wildman–Crippen MR) is 85.1 cm³/mol. The molecule has 2 rings (SSSR count). The van der Waals surface area contributed by atoms with Gasteiger partial charge in [-0.05, 0) is 26.0 Å². The van der Waals surface area contributed by atoms with E-state index in [2.05, 4.69) is 15.2 Å². The van der Waals surface area contributed by atoms with Gasteiger partial charge >= 0.3 is 0 Å². The van der Waals surface area contributed by atoms with Crippen LogP contribution in [0.25, 0.3) is 5.57 Å². The second-order valence-electron chi connectivity index (χ2n) is 4.53. The maximum Gasteiger partial charge on any atom is 0.257 e. The number of nitrogens with zero attached hydrogens (tertiary/aromatic N) is 2. The highest BCUT2D eigenvalue weighted by atomic mass is 32.2. The Morgan fingerprint density at radius 3 is 2.55 bits per heavy atom. The van der Waals surface area contributed by atoms with E-state index in [-0.39, 0.29) is 10.5 Å². The number of hydrazine groups is 1. The van der Waals surface area contributed by atoms with Crippen LogP contribution in [-0.4, -0.2) is 13.4 Å². The number of aromatic nitrogens is 1. The van der Waals surface area contributed by atoms with Crippen molar-refractivity contribution in [3.05, 3.63) is 52.1 Å². The highest BCUT2D eigenvalue weighted by molar-refractivity contribution is 7.89. The predicted octanol–water partition coefficient (Wildman–Crippen LogP) is 2.11. The third kappa shape index (κ3) is 3.92. The lowest BCUT2D eigenvalue weighted by atomic mass is 10.2. The number of sulfonamides is 1. The zero-order valence-corrected chi connectivity index (χ0v) is 13.6. The summed E-state index contributed by atoms with van der Waals surface area (Å²) in [5.41, 5.74) is 4.47. The van der Waals surface area contributed by atoms with Crippen molar-refractivity contribution < 1.29 is 8.42 Å². The summed E-state index contributed by atoms with van der Waals surface area (Å²) in [7, 11) is -3.69. The fourth-order valence-corrected chi connectivity index (χ4v) is 3.16. The Kier molecular flexibility index (Phi) is 4.92. The van der Waals surface area contributed by atoms with Gasteiger partial charge in [0.05, 0.1) is 4.90 Å². The molecule has 0 bridgehead atoms.